The van der Waals surface area contributed by atoms with E-state index in [1.165, 1.54) is 0 Å². The summed E-state index contributed by atoms with van der Waals surface area (Å²) in [7, 11) is 0. The molecule has 0 spiro atoms. The molecular formula is C19H27N5O2S2. The molecule has 4 saturated heterocycles. The van der Waals surface area contributed by atoms with E-state index < -0.39 is 0 Å². The van der Waals surface area contributed by atoms with Gasteiger partial charge in [-0.1, -0.05) is 11.3 Å². The molecule has 1 aromatic heterocycles. The van der Waals surface area contributed by atoms with Crippen LogP contribution in [0.4, 0.5) is 5.13 Å². The van der Waals surface area contributed by atoms with Crippen molar-refractivity contribution in [2.75, 3.05) is 42.6 Å². The smallest absolute Gasteiger partial charge is 0.245 e. The summed E-state index contributed by atoms with van der Waals surface area (Å²) < 4.78 is 0. The van der Waals surface area contributed by atoms with Gasteiger partial charge in [0.2, 0.25) is 16.9 Å². The molecule has 152 valence electrons. The monoisotopic (exact) mass is 421 g/mol. The van der Waals surface area contributed by atoms with Gasteiger partial charge < -0.3 is 14.7 Å². The molecule has 9 heteroatoms. The van der Waals surface area contributed by atoms with Crippen LogP contribution in [-0.4, -0.2) is 81.6 Å². The van der Waals surface area contributed by atoms with Gasteiger partial charge in [-0.15, -0.1) is 10.2 Å². The molecule has 2 amide bonds. The number of aryl methyl sites for hydroxylation is 1. The lowest BCUT2D eigenvalue weighted by molar-refractivity contribution is -0.161. The maximum atomic E-state index is 13.6. The average Bonchev–Trinajstić information content (AvgIpc) is 3.15. The van der Waals surface area contributed by atoms with E-state index in [4.69, 9.17) is 0 Å². The maximum absolute atomic E-state index is 13.6. The molecule has 28 heavy (non-hydrogen) atoms. The second-order valence-corrected chi connectivity index (χ2v) is 10.8. The topological polar surface area (TPSA) is 69.6 Å². The van der Waals surface area contributed by atoms with Crippen molar-refractivity contribution in [2.45, 2.75) is 44.7 Å². The summed E-state index contributed by atoms with van der Waals surface area (Å²) in [6.07, 6.45) is 3.60. The zero-order valence-corrected chi connectivity index (χ0v) is 17.9. The van der Waals surface area contributed by atoms with Gasteiger partial charge in [-0.3, -0.25) is 9.59 Å². The number of nitrogens with zero attached hydrogens (tertiary/aromatic N) is 5. The fraction of sp³-hybridized carbons (Fsp3) is 0.789. The maximum Gasteiger partial charge on any atom is 0.245 e. The SMILES string of the molecule is Cc1nnc(N2C[C@@H]3C[C@H](C2)[C@H](C(=O)N2CCSCC2)N2C(=O)CCC[C@@H]32)s1. The van der Waals surface area contributed by atoms with Crippen molar-refractivity contribution in [3.8, 4) is 0 Å². The van der Waals surface area contributed by atoms with Crippen LogP contribution in [-0.2, 0) is 9.59 Å². The number of thioether (sulfide) groups is 1. The number of anilines is 1. The van der Waals surface area contributed by atoms with Crippen LogP contribution in [0.25, 0.3) is 0 Å². The standard InChI is InChI=1S/C19H27N5O2S2/c1-12-20-21-19(28-12)23-10-13-9-14(11-23)17(18(26)22-5-7-27-8-6-22)24-15(13)3-2-4-16(24)25/h13-15,17H,2-11H2,1H3/t13-,14+,15-,17+/m0/s1. The van der Waals surface area contributed by atoms with Gasteiger partial charge in [0.1, 0.15) is 11.0 Å². The Bertz CT molecular complexity index is 765. The summed E-state index contributed by atoms with van der Waals surface area (Å²) in [5.74, 6) is 2.98. The fourth-order valence-electron chi connectivity index (χ4n) is 5.51. The second-order valence-electron chi connectivity index (χ2n) is 8.41. The average molecular weight is 422 g/mol. The third-order valence-corrected chi connectivity index (χ3v) is 8.55. The number of piperidine rings is 3. The van der Waals surface area contributed by atoms with E-state index in [1.54, 1.807) is 11.3 Å². The summed E-state index contributed by atoms with van der Waals surface area (Å²) in [5, 5.41) is 10.5. The van der Waals surface area contributed by atoms with Crippen LogP contribution in [0, 0.1) is 18.8 Å². The molecule has 0 saturated carbocycles. The second kappa shape index (κ2) is 7.48. The van der Waals surface area contributed by atoms with E-state index >= 15 is 0 Å². The molecule has 0 aliphatic carbocycles. The largest absolute Gasteiger partial charge is 0.346 e. The Labute approximate surface area is 173 Å². The number of carbonyl (C=O) groups excluding carboxylic acids is 2. The van der Waals surface area contributed by atoms with Crippen molar-refractivity contribution in [1.29, 1.82) is 0 Å². The Kier molecular flexibility index (Phi) is 4.99. The van der Waals surface area contributed by atoms with Crippen molar-refractivity contribution in [1.82, 2.24) is 20.0 Å². The first-order valence-electron chi connectivity index (χ1n) is 10.3. The van der Waals surface area contributed by atoms with Gasteiger partial charge in [0, 0.05) is 56.1 Å². The summed E-state index contributed by atoms with van der Waals surface area (Å²) >= 11 is 3.53. The first kappa shape index (κ1) is 18.7. The molecule has 0 unspecified atom stereocenters. The molecule has 4 atom stereocenters. The zero-order chi connectivity index (χ0) is 19.3. The van der Waals surface area contributed by atoms with Gasteiger partial charge in [-0.25, -0.2) is 0 Å². The molecule has 7 nitrogen and oxygen atoms in total. The first-order valence-corrected chi connectivity index (χ1v) is 12.3. The number of hydrogen-bond donors (Lipinski definition) is 0. The normalized spacial score (nSPS) is 33.0. The highest BCUT2D eigenvalue weighted by Crippen LogP contribution is 2.43. The summed E-state index contributed by atoms with van der Waals surface area (Å²) in [4.78, 5) is 32.9. The molecule has 0 aromatic carbocycles. The van der Waals surface area contributed by atoms with E-state index in [-0.39, 0.29) is 29.8 Å². The fourth-order valence-corrected chi connectivity index (χ4v) is 7.12. The molecule has 4 aliphatic heterocycles. The van der Waals surface area contributed by atoms with Crippen molar-refractivity contribution in [3.63, 3.8) is 0 Å². The summed E-state index contributed by atoms with van der Waals surface area (Å²) in [6, 6.07) is -0.101. The Morgan fingerprint density at radius 3 is 2.68 bits per heavy atom. The minimum Gasteiger partial charge on any atom is -0.346 e. The van der Waals surface area contributed by atoms with Crippen molar-refractivity contribution < 1.29 is 9.59 Å². The third-order valence-electron chi connectivity index (χ3n) is 6.70. The highest BCUT2D eigenvalue weighted by molar-refractivity contribution is 7.99. The van der Waals surface area contributed by atoms with Crippen LogP contribution in [0.1, 0.15) is 30.7 Å². The number of aromatic nitrogens is 2. The number of hydrogen-bond acceptors (Lipinski definition) is 7. The number of amides is 2. The van der Waals surface area contributed by atoms with Crippen LogP contribution in [0.15, 0.2) is 0 Å². The molecule has 5 heterocycles. The van der Waals surface area contributed by atoms with E-state index in [0.29, 0.717) is 12.3 Å². The Hall–Kier alpha value is -1.35. The Balaban J connectivity index is 1.46. The van der Waals surface area contributed by atoms with Crippen molar-refractivity contribution >= 4 is 40.0 Å². The molecule has 4 aliphatic rings. The first-order chi connectivity index (χ1) is 13.6. The lowest BCUT2D eigenvalue weighted by Gasteiger charge is -2.56. The zero-order valence-electron chi connectivity index (χ0n) is 16.2. The van der Waals surface area contributed by atoms with Crippen LogP contribution in [0.5, 0.6) is 0 Å². The molecule has 1 aromatic rings. The quantitative estimate of drug-likeness (QED) is 0.723. The lowest BCUT2D eigenvalue weighted by atomic mass is 9.71. The minimum atomic E-state index is -0.297. The molecule has 4 fully saturated rings. The van der Waals surface area contributed by atoms with E-state index in [1.807, 2.05) is 28.5 Å². The summed E-state index contributed by atoms with van der Waals surface area (Å²) in [5.41, 5.74) is 0. The predicted octanol–water partition coefficient (Wildman–Crippen LogP) is 1.63. The van der Waals surface area contributed by atoms with Crippen molar-refractivity contribution in [3.05, 3.63) is 5.01 Å². The van der Waals surface area contributed by atoms with Gasteiger partial charge in [-0.2, -0.15) is 11.8 Å². The van der Waals surface area contributed by atoms with Crippen LogP contribution in [0.2, 0.25) is 0 Å². The summed E-state index contributed by atoms with van der Waals surface area (Å²) in [6.45, 7) is 5.31. The molecule has 5 rings (SSSR count). The van der Waals surface area contributed by atoms with Gasteiger partial charge in [-0.05, 0) is 32.1 Å². The lowest BCUT2D eigenvalue weighted by Crippen LogP contribution is -2.69. The minimum absolute atomic E-state index is 0.180. The molecule has 2 bridgehead atoms. The highest BCUT2D eigenvalue weighted by atomic mass is 32.2. The predicted molar refractivity (Wildman–Crippen MR) is 111 cm³/mol. The Morgan fingerprint density at radius 1 is 1.14 bits per heavy atom. The number of rotatable bonds is 2. The van der Waals surface area contributed by atoms with Crippen LogP contribution in [0.3, 0.4) is 0 Å². The van der Waals surface area contributed by atoms with Crippen molar-refractivity contribution in [2.24, 2.45) is 11.8 Å². The van der Waals surface area contributed by atoms with E-state index in [9.17, 15) is 9.59 Å². The van der Waals surface area contributed by atoms with Gasteiger partial charge in [0.15, 0.2) is 0 Å². The van der Waals surface area contributed by atoms with Crippen LogP contribution < -0.4 is 4.90 Å². The van der Waals surface area contributed by atoms with E-state index in [2.05, 4.69) is 15.1 Å². The molecule has 0 radical (unpaired) electrons. The number of fused-ring (bicyclic) bond motifs is 4. The van der Waals surface area contributed by atoms with Gasteiger partial charge in [0.05, 0.1) is 0 Å². The Morgan fingerprint density at radius 2 is 1.93 bits per heavy atom. The van der Waals surface area contributed by atoms with E-state index in [0.717, 1.165) is 67.1 Å². The van der Waals surface area contributed by atoms with Crippen LogP contribution >= 0.6 is 23.1 Å². The third kappa shape index (κ3) is 3.20. The number of carbonyl (C=O) groups is 2. The molecular weight excluding hydrogens is 394 g/mol. The highest BCUT2D eigenvalue weighted by Gasteiger charge is 2.53. The molecule has 0 N–H and O–H groups in total. The van der Waals surface area contributed by atoms with Gasteiger partial charge >= 0.3 is 0 Å². The van der Waals surface area contributed by atoms with Gasteiger partial charge in [0.25, 0.3) is 0 Å².